The Bertz CT molecular complexity index is 702. The zero-order chi connectivity index (χ0) is 14.8. The molecule has 0 atom stereocenters. The molecule has 0 fully saturated rings. The zero-order valence-electron chi connectivity index (χ0n) is 10.1. The molecule has 1 aromatic carbocycles. The lowest BCUT2D eigenvalue weighted by Gasteiger charge is -2.10. The number of benzene rings is 1. The van der Waals surface area contributed by atoms with Gasteiger partial charge in [-0.1, -0.05) is 11.6 Å². The minimum absolute atomic E-state index is 0.0476. The average molecular weight is 336 g/mol. The number of halogens is 2. The summed E-state index contributed by atoms with van der Waals surface area (Å²) in [4.78, 5) is -0.565. The van der Waals surface area contributed by atoms with Crippen molar-refractivity contribution in [3.05, 3.63) is 50.9 Å². The minimum Gasteiger partial charge on any atom is -0.392 e. The molecule has 0 amide bonds. The molecule has 0 unspecified atom stereocenters. The maximum Gasteiger partial charge on any atom is 0.243 e. The van der Waals surface area contributed by atoms with E-state index in [2.05, 4.69) is 4.72 Å². The zero-order valence-corrected chi connectivity index (χ0v) is 12.5. The highest BCUT2D eigenvalue weighted by atomic mass is 35.5. The molecule has 1 aromatic heterocycles. The van der Waals surface area contributed by atoms with Crippen molar-refractivity contribution in [2.75, 3.05) is 0 Å². The molecule has 0 radical (unpaired) electrons. The van der Waals surface area contributed by atoms with Crippen molar-refractivity contribution < 1.29 is 17.9 Å². The lowest BCUT2D eigenvalue weighted by Crippen LogP contribution is -2.24. The van der Waals surface area contributed by atoms with Gasteiger partial charge in [0.05, 0.1) is 6.61 Å². The Morgan fingerprint density at radius 3 is 2.75 bits per heavy atom. The topological polar surface area (TPSA) is 66.4 Å². The maximum absolute atomic E-state index is 14.0. The average Bonchev–Trinajstić information content (AvgIpc) is 2.92. The van der Waals surface area contributed by atoms with E-state index in [-0.39, 0.29) is 17.1 Å². The van der Waals surface area contributed by atoms with Crippen molar-refractivity contribution in [3.8, 4) is 0 Å². The quantitative estimate of drug-likeness (QED) is 0.882. The fraction of sp³-hybridized carbons (Fsp3) is 0.167. The second-order valence-corrected chi connectivity index (χ2v) is 6.94. The van der Waals surface area contributed by atoms with Crippen LogP contribution in [0, 0.1) is 5.82 Å². The van der Waals surface area contributed by atoms with E-state index >= 15 is 0 Å². The fourth-order valence-corrected chi connectivity index (χ4v) is 3.71. The Morgan fingerprint density at radius 2 is 2.15 bits per heavy atom. The lowest BCUT2D eigenvalue weighted by molar-refractivity contribution is 0.274. The fourth-order valence-electron chi connectivity index (χ4n) is 1.58. The van der Waals surface area contributed by atoms with Crippen molar-refractivity contribution >= 4 is 33.0 Å². The van der Waals surface area contributed by atoms with Gasteiger partial charge in [0.1, 0.15) is 10.7 Å². The summed E-state index contributed by atoms with van der Waals surface area (Å²) >= 11 is 7.17. The molecule has 2 aromatic rings. The summed E-state index contributed by atoms with van der Waals surface area (Å²) in [5.41, 5.74) is 0.622. The summed E-state index contributed by atoms with van der Waals surface area (Å²) in [7, 11) is -4.04. The molecule has 2 rings (SSSR count). The Kier molecular flexibility index (Phi) is 4.77. The Balaban J connectivity index is 2.31. The van der Waals surface area contributed by atoms with Gasteiger partial charge in [-0.2, -0.15) is 11.3 Å². The van der Waals surface area contributed by atoms with Gasteiger partial charge in [0, 0.05) is 17.1 Å². The SMILES string of the molecule is O=S(=O)(NCc1ccsc1)c1cc(Cl)cc(CO)c1F. The molecule has 20 heavy (non-hydrogen) atoms. The van der Waals surface area contributed by atoms with Gasteiger partial charge < -0.3 is 5.11 Å². The molecule has 1 heterocycles. The van der Waals surface area contributed by atoms with E-state index in [1.54, 1.807) is 11.4 Å². The molecule has 2 N–H and O–H groups in total. The molecule has 0 aliphatic heterocycles. The van der Waals surface area contributed by atoms with E-state index in [1.807, 2.05) is 5.38 Å². The van der Waals surface area contributed by atoms with E-state index < -0.39 is 27.3 Å². The van der Waals surface area contributed by atoms with Crippen molar-refractivity contribution in [2.24, 2.45) is 0 Å². The molecule has 0 saturated heterocycles. The van der Waals surface area contributed by atoms with Gasteiger partial charge in [0.15, 0.2) is 0 Å². The van der Waals surface area contributed by atoms with E-state index in [1.165, 1.54) is 17.4 Å². The van der Waals surface area contributed by atoms with Gasteiger partial charge >= 0.3 is 0 Å². The van der Waals surface area contributed by atoms with Crippen LogP contribution in [-0.4, -0.2) is 13.5 Å². The molecule has 0 spiro atoms. The molecule has 0 bridgehead atoms. The van der Waals surface area contributed by atoms with Gasteiger partial charge in [-0.05, 0) is 34.5 Å². The summed E-state index contributed by atoms with van der Waals surface area (Å²) in [5.74, 6) is -0.991. The van der Waals surface area contributed by atoms with Crippen LogP contribution in [0.4, 0.5) is 4.39 Å². The van der Waals surface area contributed by atoms with Gasteiger partial charge in [0.25, 0.3) is 0 Å². The molecular formula is C12H11ClFNO3S2. The van der Waals surface area contributed by atoms with Crippen LogP contribution in [0.3, 0.4) is 0 Å². The van der Waals surface area contributed by atoms with Crippen LogP contribution in [0.15, 0.2) is 33.9 Å². The lowest BCUT2D eigenvalue weighted by atomic mass is 10.2. The van der Waals surface area contributed by atoms with Crippen LogP contribution in [0.2, 0.25) is 5.02 Å². The molecule has 4 nitrogen and oxygen atoms in total. The van der Waals surface area contributed by atoms with Gasteiger partial charge in [0.2, 0.25) is 10.0 Å². The number of rotatable bonds is 5. The second kappa shape index (κ2) is 6.19. The molecule has 8 heteroatoms. The number of hydrogen-bond donors (Lipinski definition) is 2. The summed E-state index contributed by atoms with van der Waals surface area (Å²) < 4.78 is 40.4. The van der Waals surface area contributed by atoms with Crippen molar-refractivity contribution in [2.45, 2.75) is 18.0 Å². The number of thiophene rings is 1. The van der Waals surface area contributed by atoms with E-state index in [0.717, 1.165) is 11.6 Å². The van der Waals surface area contributed by atoms with Gasteiger partial charge in [-0.25, -0.2) is 17.5 Å². The van der Waals surface area contributed by atoms with Crippen LogP contribution in [-0.2, 0) is 23.2 Å². The molecule has 108 valence electrons. The number of hydrogen-bond acceptors (Lipinski definition) is 4. The van der Waals surface area contributed by atoms with Crippen molar-refractivity contribution in [1.82, 2.24) is 4.72 Å². The largest absolute Gasteiger partial charge is 0.392 e. The number of sulfonamides is 1. The maximum atomic E-state index is 14.0. The minimum atomic E-state index is -4.04. The monoisotopic (exact) mass is 335 g/mol. The highest BCUT2D eigenvalue weighted by Crippen LogP contribution is 2.24. The van der Waals surface area contributed by atoms with Crippen LogP contribution in [0.5, 0.6) is 0 Å². The first kappa shape index (κ1) is 15.4. The van der Waals surface area contributed by atoms with Crippen molar-refractivity contribution in [3.63, 3.8) is 0 Å². The Morgan fingerprint density at radius 1 is 1.40 bits per heavy atom. The second-order valence-electron chi connectivity index (χ2n) is 3.99. The molecular weight excluding hydrogens is 325 g/mol. The summed E-state index contributed by atoms with van der Waals surface area (Å²) in [6.45, 7) is -0.564. The van der Waals surface area contributed by atoms with E-state index in [4.69, 9.17) is 16.7 Å². The smallest absolute Gasteiger partial charge is 0.243 e. The first-order valence-corrected chi connectivity index (χ1v) is 8.34. The van der Waals surface area contributed by atoms with Crippen LogP contribution in [0.25, 0.3) is 0 Å². The normalized spacial score (nSPS) is 11.8. The highest BCUT2D eigenvalue weighted by molar-refractivity contribution is 7.89. The Hall–Kier alpha value is -0.990. The Labute approximate surface area is 124 Å². The molecule has 0 saturated carbocycles. The number of aliphatic hydroxyl groups is 1. The van der Waals surface area contributed by atoms with Gasteiger partial charge in [-0.15, -0.1) is 0 Å². The van der Waals surface area contributed by atoms with E-state index in [9.17, 15) is 12.8 Å². The highest BCUT2D eigenvalue weighted by Gasteiger charge is 2.22. The summed E-state index contributed by atoms with van der Waals surface area (Å²) in [6, 6.07) is 3.97. The first-order chi connectivity index (χ1) is 9.44. The first-order valence-electron chi connectivity index (χ1n) is 5.53. The summed E-state index contributed by atoms with van der Waals surface area (Å²) in [6.07, 6.45) is 0. The third-order valence-corrected chi connectivity index (χ3v) is 4.94. The van der Waals surface area contributed by atoms with Crippen molar-refractivity contribution in [1.29, 1.82) is 0 Å². The van der Waals surface area contributed by atoms with Crippen LogP contribution >= 0.6 is 22.9 Å². The predicted molar refractivity (Wildman–Crippen MR) is 75.7 cm³/mol. The predicted octanol–water partition coefficient (Wildman–Crippen LogP) is 2.51. The van der Waals surface area contributed by atoms with Gasteiger partial charge in [-0.3, -0.25) is 0 Å². The van der Waals surface area contributed by atoms with Crippen LogP contribution in [0.1, 0.15) is 11.1 Å². The third kappa shape index (κ3) is 3.36. The standard InChI is InChI=1S/C12H11ClFNO3S2/c13-10-3-9(6-16)12(14)11(4-10)20(17,18)15-5-8-1-2-19-7-8/h1-4,7,15-16H,5-6H2. The number of aliphatic hydroxyl groups excluding tert-OH is 1. The molecule has 0 aliphatic rings. The summed E-state index contributed by atoms with van der Waals surface area (Å²) in [5, 5.41) is 12.6. The molecule has 0 aliphatic carbocycles. The third-order valence-electron chi connectivity index (χ3n) is 2.59. The van der Waals surface area contributed by atoms with E-state index in [0.29, 0.717) is 0 Å². The number of nitrogens with one attached hydrogen (secondary N) is 1. The van der Waals surface area contributed by atoms with Crippen LogP contribution < -0.4 is 4.72 Å².